The van der Waals surface area contributed by atoms with E-state index in [-0.39, 0.29) is 5.56 Å². The van der Waals surface area contributed by atoms with Gasteiger partial charge in [-0.25, -0.2) is 0 Å². The van der Waals surface area contributed by atoms with Gasteiger partial charge in [-0.3, -0.25) is 4.79 Å². The van der Waals surface area contributed by atoms with Crippen LogP contribution in [0.15, 0.2) is 27.9 Å². The minimum Gasteiger partial charge on any atom is -0.326 e. The van der Waals surface area contributed by atoms with Crippen LogP contribution in [0.5, 0.6) is 0 Å². The number of H-pyrrole nitrogens is 1. The molecule has 2 aromatic rings. The fourth-order valence-electron chi connectivity index (χ4n) is 1.30. The second-order valence-electron chi connectivity index (χ2n) is 2.66. The molecule has 2 aromatic heterocycles. The molecule has 1 N–H and O–H groups in total. The zero-order valence-corrected chi connectivity index (χ0v) is 8.05. The van der Waals surface area contributed by atoms with Gasteiger partial charge in [0, 0.05) is 12.4 Å². The van der Waals surface area contributed by atoms with E-state index < -0.39 is 0 Å². The van der Waals surface area contributed by atoms with Crippen molar-refractivity contribution in [2.24, 2.45) is 0 Å². The highest BCUT2D eigenvalue weighted by Crippen LogP contribution is 2.16. The molecule has 0 radical (unpaired) electrons. The Hall–Kier alpha value is -1.03. The first kappa shape index (κ1) is 7.61. The van der Waals surface area contributed by atoms with Crippen molar-refractivity contribution in [3.63, 3.8) is 0 Å². The van der Waals surface area contributed by atoms with Gasteiger partial charge in [-0.05, 0) is 34.5 Å². The summed E-state index contributed by atoms with van der Waals surface area (Å²) in [5.41, 5.74) is 1.62. The summed E-state index contributed by atoms with van der Waals surface area (Å²) in [5.74, 6) is 0. The predicted molar refractivity (Wildman–Crippen MR) is 50.5 cm³/mol. The molecule has 0 aliphatic carbocycles. The van der Waals surface area contributed by atoms with Crippen molar-refractivity contribution in [1.29, 1.82) is 0 Å². The first-order valence-electron chi connectivity index (χ1n) is 3.55. The van der Waals surface area contributed by atoms with Crippen LogP contribution in [-0.4, -0.2) is 9.38 Å². The number of hydrogen-bond acceptors (Lipinski definition) is 1. The minimum atomic E-state index is -0.0549. The summed E-state index contributed by atoms with van der Waals surface area (Å²) in [5, 5.41) is 0. The second kappa shape index (κ2) is 2.48. The van der Waals surface area contributed by atoms with Crippen LogP contribution in [0, 0.1) is 6.92 Å². The lowest BCUT2D eigenvalue weighted by Crippen LogP contribution is -2.08. The van der Waals surface area contributed by atoms with Crippen molar-refractivity contribution >= 4 is 21.4 Å². The van der Waals surface area contributed by atoms with E-state index in [0.29, 0.717) is 5.52 Å². The zero-order valence-electron chi connectivity index (χ0n) is 6.47. The van der Waals surface area contributed by atoms with E-state index in [9.17, 15) is 4.79 Å². The number of fused-ring (bicyclic) bond motifs is 1. The smallest absolute Gasteiger partial charge is 0.272 e. The third-order valence-corrected chi connectivity index (χ3v) is 2.44. The van der Waals surface area contributed by atoms with E-state index in [1.54, 1.807) is 6.20 Å². The van der Waals surface area contributed by atoms with Gasteiger partial charge in [0.1, 0.15) is 5.52 Å². The van der Waals surface area contributed by atoms with Crippen molar-refractivity contribution in [3.05, 3.63) is 39.0 Å². The van der Waals surface area contributed by atoms with Crippen molar-refractivity contribution in [2.45, 2.75) is 6.92 Å². The van der Waals surface area contributed by atoms with E-state index in [1.807, 2.05) is 23.6 Å². The highest BCUT2D eigenvalue weighted by atomic mass is 79.9. The molecule has 2 rings (SSSR count). The molecule has 0 saturated carbocycles. The Morgan fingerprint density at radius 1 is 1.58 bits per heavy atom. The third-order valence-electron chi connectivity index (χ3n) is 1.83. The average molecular weight is 227 g/mol. The average Bonchev–Trinajstić information content (AvgIpc) is 2.29. The minimum absolute atomic E-state index is 0.0549. The molecule has 0 spiro atoms. The Labute approximate surface area is 77.2 Å². The molecule has 0 aromatic carbocycles. The fourth-order valence-corrected chi connectivity index (χ4v) is 1.94. The van der Waals surface area contributed by atoms with E-state index in [2.05, 4.69) is 20.9 Å². The van der Waals surface area contributed by atoms with Gasteiger partial charge in [0.15, 0.2) is 0 Å². The summed E-state index contributed by atoms with van der Waals surface area (Å²) >= 11 is 3.36. The number of nitrogens with zero attached hydrogens (tertiary/aromatic N) is 1. The summed E-state index contributed by atoms with van der Waals surface area (Å²) < 4.78 is 2.72. The molecule has 0 aliphatic heterocycles. The number of nitrogens with one attached hydrogen (secondary N) is 1. The predicted octanol–water partition coefficient (Wildman–Crippen LogP) is 1.70. The maximum absolute atomic E-state index is 11.3. The van der Waals surface area contributed by atoms with Crippen LogP contribution in [0.3, 0.4) is 0 Å². The first-order valence-corrected chi connectivity index (χ1v) is 4.34. The van der Waals surface area contributed by atoms with Gasteiger partial charge in [-0.1, -0.05) is 0 Å². The molecule has 0 atom stereocenters. The second-order valence-corrected chi connectivity index (χ2v) is 3.47. The van der Waals surface area contributed by atoms with Crippen LogP contribution >= 0.6 is 15.9 Å². The lowest BCUT2D eigenvalue weighted by atomic mass is 10.3. The van der Waals surface area contributed by atoms with Gasteiger partial charge in [0.2, 0.25) is 0 Å². The standard InChI is InChI=1S/C8H7BrN2O/c1-5-4-6(9)11-3-2-10-8(12)7(5)11/h2-4H,1H3,(H,10,12). The number of aryl methyl sites for hydroxylation is 1. The molecule has 4 heteroatoms. The topological polar surface area (TPSA) is 37.3 Å². The normalized spacial score (nSPS) is 10.8. The van der Waals surface area contributed by atoms with Gasteiger partial charge in [0.25, 0.3) is 5.56 Å². The van der Waals surface area contributed by atoms with E-state index in [1.165, 1.54) is 0 Å². The number of halogens is 1. The van der Waals surface area contributed by atoms with Crippen LogP contribution in [0.2, 0.25) is 0 Å². The molecule has 0 unspecified atom stereocenters. The van der Waals surface area contributed by atoms with Gasteiger partial charge >= 0.3 is 0 Å². The number of aromatic amines is 1. The van der Waals surface area contributed by atoms with Gasteiger partial charge in [-0.15, -0.1) is 0 Å². The van der Waals surface area contributed by atoms with E-state index in [0.717, 1.165) is 10.2 Å². The highest BCUT2D eigenvalue weighted by Gasteiger charge is 2.05. The lowest BCUT2D eigenvalue weighted by molar-refractivity contribution is 1.08. The van der Waals surface area contributed by atoms with Crippen LogP contribution in [0.4, 0.5) is 0 Å². The summed E-state index contributed by atoms with van der Waals surface area (Å²) in [6.45, 7) is 1.91. The fraction of sp³-hybridized carbons (Fsp3) is 0.125. The quantitative estimate of drug-likeness (QED) is 0.730. The van der Waals surface area contributed by atoms with Crippen molar-refractivity contribution in [1.82, 2.24) is 9.38 Å². The molecular weight excluding hydrogens is 220 g/mol. The Morgan fingerprint density at radius 3 is 3.00 bits per heavy atom. The van der Waals surface area contributed by atoms with Crippen LogP contribution < -0.4 is 5.56 Å². The van der Waals surface area contributed by atoms with Crippen molar-refractivity contribution in [3.8, 4) is 0 Å². The highest BCUT2D eigenvalue weighted by molar-refractivity contribution is 9.10. The number of rotatable bonds is 0. The monoisotopic (exact) mass is 226 g/mol. The summed E-state index contributed by atoms with van der Waals surface area (Å²) in [6, 6.07) is 1.92. The Bertz CT molecular complexity index is 483. The maximum atomic E-state index is 11.3. The number of aromatic nitrogens is 2. The maximum Gasteiger partial charge on any atom is 0.272 e. The molecule has 0 fully saturated rings. The summed E-state index contributed by atoms with van der Waals surface area (Å²) in [6.07, 6.45) is 3.44. The van der Waals surface area contributed by atoms with Crippen LogP contribution in [0.1, 0.15) is 5.56 Å². The van der Waals surface area contributed by atoms with Crippen molar-refractivity contribution in [2.75, 3.05) is 0 Å². The molecule has 12 heavy (non-hydrogen) atoms. The summed E-state index contributed by atoms with van der Waals surface area (Å²) in [4.78, 5) is 13.9. The SMILES string of the molecule is Cc1cc(Br)n2cc[nH]c(=O)c12. The Balaban J connectivity index is 3.09. The van der Waals surface area contributed by atoms with Crippen molar-refractivity contribution < 1.29 is 0 Å². The molecule has 2 heterocycles. The first-order chi connectivity index (χ1) is 5.70. The molecule has 62 valence electrons. The third kappa shape index (κ3) is 0.914. The number of hydrogen-bond donors (Lipinski definition) is 1. The molecule has 0 saturated heterocycles. The van der Waals surface area contributed by atoms with Gasteiger partial charge in [-0.2, -0.15) is 0 Å². The molecule has 0 aliphatic rings. The van der Waals surface area contributed by atoms with E-state index in [4.69, 9.17) is 0 Å². The van der Waals surface area contributed by atoms with Crippen LogP contribution in [-0.2, 0) is 0 Å². The van der Waals surface area contributed by atoms with Gasteiger partial charge < -0.3 is 9.38 Å². The largest absolute Gasteiger partial charge is 0.326 e. The van der Waals surface area contributed by atoms with Crippen LogP contribution in [0.25, 0.3) is 5.52 Å². The summed E-state index contributed by atoms with van der Waals surface area (Å²) in [7, 11) is 0. The van der Waals surface area contributed by atoms with E-state index >= 15 is 0 Å². The molecular formula is C8H7BrN2O. The molecule has 0 amide bonds. The molecule has 3 nitrogen and oxygen atoms in total. The molecule has 0 bridgehead atoms. The van der Waals surface area contributed by atoms with Gasteiger partial charge in [0.05, 0.1) is 4.60 Å². The Kier molecular flexibility index (Phi) is 1.58. The zero-order chi connectivity index (χ0) is 8.72. The lowest BCUT2D eigenvalue weighted by Gasteiger charge is -1.93. The Morgan fingerprint density at radius 2 is 2.33 bits per heavy atom.